The van der Waals surface area contributed by atoms with E-state index in [1.165, 1.54) is 0 Å². The lowest BCUT2D eigenvalue weighted by Crippen LogP contribution is -2.08. The molecule has 0 aliphatic rings. The van der Waals surface area contributed by atoms with Crippen LogP contribution in [0.5, 0.6) is 0 Å². The predicted octanol–water partition coefficient (Wildman–Crippen LogP) is 3.43. The molecule has 1 unspecified atom stereocenters. The molecule has 90 valence electrons. The van der Waals surface area contributed by atoms with Gasteiger partial charge in [-0.15, -0.1) is 0 Å². The van der Waals surface area contributed by atoms with Crippen LogP contribution in [0, 0.1) is 6.92 Å². The normalized spacial score (nSPS) is 12.6. The zero-order valence-corrected chi connectivity index (χ0v) is 11.0. The molecule has 0 aromatic carbocycles. The molecule has 0 fully saturated rings. The summed E-state index contributed by atoms with van der Waals surface area (Å²) in [6.07, 6.45) is 1.63. The predicted molar refractivity (Wildman–Crippen MR) is 70.3 cm³/mol. The standard InChI is InChI=1S/C12H13ClN2OS/c1-8-2-4-10(16-8)11(6-14)17-12-5-3-9(13)7-15-12/h2-5,7,11H,6,14H2,1H3. The van der Waals surface area contributed by atoms with Crippen molar-refractivity contribution in [2.45, 2.75) is 17.2 Å². The number of aryl methyl sites for hydroxylation is 1. The van der Waals surface area contributed by atoms with E-state index in [-0.39, 0.29) is 5.25 Å². The Morgan fingerprint density at radius 2 is 2.24 bits per heavy atom. The Labute approximate surface area is 109 Å². The Morgan fingerprint density at radius 3 is 2.76 bits per heavy atom. The largest absolute Gasteiger partial charge is 0.465 e. The van der Waals surface area contributed by atoms with E-state index in [9.17, 15) is 0 Å². The first kappa shape index (κ1) is 12.5. The average molecular weight is 269 g/mol. The molecule has 0 aliphatic heterocycles. The maximum atomic E-state index is 5.79. The maximum Gasteiger partial charge on any atom is 0.118 e. The molecule has 0 spiro atoms. The van der Waals surface area contributed by atoms with Crippen molar-refractivity contribution in [2.24, 2.45) is 5.73 Å². The lowest BCUT2D eigenvalue weighted by molar-refractivity contribution is 0.481. The molecule has 2 N–H and O–H groups in total. The van der Waals surface area contributed by atoms with Gasteiger partial charge in [0, 0.05) is 12.7 Å². The van der Waals surface area contributed by atoms with Crippen LogP contribution >= 0.6 is 23.4 Å². The topological polar surface area (TPSA) is 52.0 Å². The van der Waals surface area contributed by atoms with Gasteiger partial charge < -0.3 is 10.2 Å². The van der Waals surface area contributed by atoms with Crippen molar-refractivity contribution in [3.05, 3.63) is 47.0 Å². The number of hydrogen-bond acceptors (Lipinski definition) is 4. The summed E-state index contributed by atoms with van der Waals surface area (Å²) in [7, 11) is 0. The van der Waals surface area contributed by atoms with Crippen LogP contribution in [0.2, 0.25) is 5.02 Å². The molecule has 1 atom stereocenters. The summed E-state index contributed by atoms with van der Waals surface area (Å²) in [4.78, 5) is 4.23. The molecule has 0 aliphatic carbocycles. The van der Waals surface area contributed by atoms with Gasteiger partial charge in [0.25, 0.3) is 0 Å². The molecule has 0 saturated carbocycles. The van der Waals surface area contributed by atoms with Crippen LogP contribution in [0.1, 0.15) is 16.8 Å². The smallest absolute Gasteiger partial charge is 0.118 e. The van der Waals surface area contributed by atoms with Crippen molar-refractivity contribution < 1.29 is 4.42 Å². The fourth-order valence-electron chi connectivity index (χ4n) is 1.43. The summed E-state index contributed by atoms with van der Waals surface area (Å²) in [5.74, 6) is 1.77. The first-order chi connectivity index (χ1) is 8.19. The minimum Gasteiger partial charge on any atom is -0.465 e. The second-order valence-corrected chi connectivity index (χ2v) is 5.26. The van der Waals surface area contributed by atoms with E-state index in [0.717, 1.165) is 16.5 Å². The zero-order valence-electron chi connectivity index (χ0n) is 9.39. The molecule has 0 saturated heterocycles. The lowest BCUT2D eigenvalue weighted by atomic mass is 10.3. The number of nitrogens with zero attached hydrogens (tertiary/aromatic N) is 1. The number of nitrogens with two attached hydrogens (primary N) is 1. The van der Waals surface area contributed by atoms with Crippen LogP contribution in [0.25, 0.3) is 0 Å². The van der Waals surface area contributed by atoms with Gasteiger partial charge in [0.2, 0.25) is 0 Å². The second-order valence-electron chi connectivity index (χ2n) is 3.61. The van der Waals surface area contributed by atoms with Crippen molar-refractivity contribution in [3.8, 4) is 0 Å². The van der Waals surface area contributed by atoms with Crippen LogP contribution in [0.15, 0.2) is 39.9 Å². The van der Waals surface area contributed by atoms with Crippen LogP contribution in [0.3, 0.4) is 0 Å². The Balaban J connectivity index is 2.12. The summed E-state index contributed by atoms with van der Waals surface area (Å²) in [5.41, 5.74) is 5.76. The molecule has 2 aromatic rings. The number of furan rings is 1. The first-order valence-electron chi connectivity index (χ1n) is 5.23. The lowest BCUT2D eigenvalue weighted by Gasteiger charge is -2.10. The highest BCUT2D eigenvalue weighted by molar-refractivity contribution is 7.99. The number of pyridine rings is 1. The third-order valence-corrected chi connectivity index (χ3v) is 3.67. The van der Waals surface area contributed by atoms with Gasteiger partial charge in [-0.05, 0) is 31.2 Å². The third-order valence-electron chi connectivity index (χ3n) is 2.26. The molecule has 0 bridgehead atoms. The van der Waals surface area contributed by atoms with E-state index < -0.39 is 0 Å². The van der Waals surface area contributed by atoms with Gasteiger partial charge in [-0.25, -0.2) is 4.98 Å². The Morgan fingerprint density at radius 1 is 1.41 bits per heavy atom. The monoisotopic (exact) mass is 268 g/mol. The van der Waals surface area contributed by atoms with Gasteiger partial charge in [-0.3, -0.25) is 0 Å². The quantitative estimate of drug-likeness (QED) is 0.863. The molecule has 0 amide bonds. The number of thioether (sulfide) groups is 1. The van der Waals surface area contributed by atoms with E-state index in [1.54, 1.807) is 18.0 Å². The van der Waals surface area contributed by atoms with Crippen molar-refractivity contribution >= 4 is 23.4 Å². The van der Waals surface area contributed by atoms with Gasteiger partial charge >= 0.3 is 0 Å². The molecule has 2 heterocycles. The summed E-state index contributed by atoms with van der Waals surface area (Å²) in [5, 5.41) is 1.60. The van der Waals surface area contributed by atoms with Crippen LogP contribution in [0.4, 0.5) is 0 Å². The summed E-state index contributed by atoms with van der Waals surface area (Å²) in [6, 6.07) is 7.59. The summed E-state index contributed by atoms with van der Waals surface area (Å²) >= 11 is 7.36. The van der Waals surface area contributed by atoms with E-state index in [0.29, 0.717) is 11.6 Å². The van der Waals surface area contributed by atoms with Gasteiger partial charge in [-0.1, -0.05) is 23.4 Å². The van der Waals surface area contributed by atoms with Crippen LogP contribution < -0.4 is 5.73 Å². The van der Waals surface area contributed by atoms with E-state index in [1.807, 2.05) is 31.2 Å². The molecular formula is C12H13ClN2OS. The molecule has 17 heavy (non-hydrogen) atoms. The fourth-order valence-corrected chi connectivity index (χ4v) is 2.43. The molecule has 2 rings (SSSR count). The van der Waals surface area contributed by atoms with Gasteiger partial charge in [-0.2, -0.15) is 0 Å². The first-order valence-corrected chi connectivity index (χ1v) is 6.49. The highest BCUT2D eigenvalue weighted by Gasteiger charge is 2.15. The summed E-state index contributed by atoms with van der Waals surface area (Å²) < 4.78 is 5.58. The molecule has 5 heteroatoms. The highest BCUT2D eigenvalue weighted by atomic mass is 35.5. The zero-order chi connectivity index (χ0) is 12.3. The molecule has 2 aromatic heterocycles. The van der Waals surface area contributed by atoms with Crippen molar-refractivity contribution in [3.63, 3.8) is 0 Å². The van der Waals surface area contributed by atoms with E-state index in [4.69, 9.17) is 21.8 Å². The van der Waals surface area contributed by atoms with Crippen molar-refractivity contribution in [2.75, 3.05) is 6.54 Å². The number of aromatic nitrogens is 1. The molecular weight excluding hydrogens is 256 g/mol. The maximum absolute atomic E-state index is 5.79. The Bertz CT molecular complexity index is 484. The van der Waals surface area contributed by atoms with E-state index in [2.05, 4.69) is 4.98 Å². The minimum atomic E-state index is 0.0809. The summed E-state index contributed by atoms with van der Waals surface area (Å²) in [6.45, 7) is 2.42. The Kier molecular flexibility index (Phi) is 4.10. The van der Waals surface area contributed by atoms with Gasteiger partial charge in [0.05, 0.1) is 15.3 Å². The van der Waals surface area contributed by atoms with Crippen molar-refractivity contribution in [1.82, 2.24) is 4.98 Å². The fraction of sp³-hybridized carbons (Fsp3) is 0.250. The number of rotatable bonds is 4. The van der Waals surface area contributed by atoms with E-state index >= 15 is 0 Å². The highest BCUT2D eigenvalue weighted by Crippen LogP contribution is 2.34. The SMILES string of the molecule is Cc1ccc(C(CN)Sc2ccc(Cl)cn2)o1. The molecule has 3 nitrogen and oxygen atoms in total. The third kappa shape index (κ3) is 3.25. The van der Waals surface area contributed by atoms with Crippen LogP contribution in [-0.2, 0) is 0 Å². The Hall–Kier alpha value is -0.970. The number of halogens is 1. The minimum absolute atomic E-state index is 0.0809. The van der Waals surface area contributed by atoms with Crippen molar-refractivity contribution in [1.29, 1.82) is 0 Å². The van der Waals surface area contributed by atoms with Crippen LogP contribution in [-0.4, -0.2) is 11.5 Å². The second kappa shape index (κ2) is 5.58. The number of hydrogen-bond donors (Lipinski definition) is 1. The average Bonchev–Trinajstić information content (AvgIpc) is 2.75. The van der Waals surface area contributed by atoms with Gasteiger partial charge in [0.1, 0.15) is 11.5 Å². The van der Waals surface area contributed by atoms with Gasteiger partial charge in [0.15, 0.2) is 0 Å². The molecule has 0 radical (unpaired) electrons.